The van der Waals surface area contributed by atoms with E-state index in [1.54, 1.807) is 24.3 Å². The number of hydrogen-bond donors (Lipinski definition) is 1. The van der Waals surface area contributed by atoms with E-state index in [-0.39, 0.29) is 12.1 Å². The number of esters is 1. The Hall–Kier alpha value is -1.56. The van der Waals surface area contributed by atoms with Gasteiger partial charge in [0, 0.05) is 30.4 Å². The molecule has 5 nitrogen and oxygen atoms in total. The largest absolute Gasteiger partial charge is 0.465 e. The summed E-state index contributed by atoms with van der Waals surface area (Å²) >= 11 is 3.30. The van der Waals surface area contributed by atoms with Gasteiger partial charge < -0.3 is 14.7 Å². The van der Waals surface area contributed by atoms with Crippen molar-refractivity contribution in [3.8, 4) is 0 Å². The average molecular weight is 328 g/mol. The van der Waals surface area contributed by atoms with Crippen LogP contribution in [0.15, 0.2) is 28.7 Å². The number of halogens is 1. The molecule has 1 aromatic carbocycles. The van der Waals surface area contributed by atoms with Crippen LogP contribution >= 0.6 is 15.9 Å². The van der Waals surface area contributed by atoms with E-state index < -0.39 is 6.09 Å². The molecule has 0 spiro atoms. The summed E-state index contributed by atoms with van der Waals surface area (Å²) in [6, 6.07) is 6.95. The van der Waals surface area contributed by atoms with Crippen molar-refractivity contribution < 1.29 is 19.4 Å². The Morgan fingerprint density at radius 3 is 2.32 bits per heavy atom. The smallest absolute Gasteiger partial charge is 0.407 e. The van der Waals surface area contributed by atoms with E-state index in [9.17, 15) is 9.59 Å². The Morgan fingerprint density at radius 1 is 1.21 bits per heavy atom. The second-order valence-electron chi connectivity index (χ2n) is 4.38. The van der Waals surface area contributed by atoms with Gasteiger partial charge in [-0.1, -0.05) is 15.9 Å². The monoisotopic (exact) mass is 327 g/mol. The molecule has 1 amide bonds. The fourth-order valence-electron chi connectivity index (χ4n) is 1.97. The SMILES string of the molecule is O=C(OC1CCN(C(=O)O)CC1)c1ccc(Br)cc1. The molecule has 1 aliphatic heterocycles. The number of benzene rings is 1. The second kappa shape index (κ2) is 6.06. The molecular weight excluding hydrogens is 314 g/mol. The lowest BCUT2D eigenvalue weighted by molar-refractivity contribution is 0.0129. The highest BCUT2D eigenvalue weighted by Gasteiger charge is 2.25. The van der Waals surface area contributed by atoms with Crippen LogP contribution in [-0.2, 0) is 4.74 Å². The highest BCUT2D eigenvalue weighted by Crippen LogP contribution is 2.17. The molecule has 0 saturated carbocycles. The standard InChI is InChI=1S/C13H14BrNO4/c14-10-3-1-9(2-4-10)12(16)19-11-5-7-15(8-6-11)13(17)18/h1-4,11H,5-8H2,(H,17,18). The Kier molecular flexibility index (Phi) is 4.42. The zero-order valence-corrected chi connectivity index (χ0v) is 11.8. The summed E-state index contributed by atoms with van der Waals surface area (Å²) in [4.78, 5) is 24.0. The molecule has 6 heteroatoms. The lowest BCUT2D eigenvalue weighted by atomic mass is 10.1. The molecule has 1 fully saturated rings. The first-order valence-corrected chi connectivity index (χ1v) is 6.80. The van der Waals surface area contributed by atoms with Crippen LogP contribution < -0.4 is 0 Å². The summed E-state index contributed by atoms with van der Waals surface area (Å²) in [5.41, 5.74) is 0.504. The highest BCUT2D eigenvalue weighted by atomic mass is 79.9. The van der Waals surface area contributed by atoms with Crippen molar-refractivity contribution in [2.24, 2.45) is 0 Å². The summed E-state index contributed by atoms with van der Waals surface area (Å²) < 4.78 is 6.27. The van der Waals surface area contributed by atoms with Crippen LogP contribution in [0.5, 0.6) is 0 Å². The fraction of sp³-hybridized carbons (Fsp3) is 0.385. The summed E-state index contributed by atoms with van der Waals surface area (Å²) in [6.07, 6.45) is -0.0206. The van der Waals surface area contributed by atoms with Gasteiger partial charge in [0.1, 0.15) is 6.10 Å². The quantitative estimate of drug-likeness (QED) is 0.848. The van der Waals surface area contributed by atoms with E-state index in [1.807, 2.05) is 0 Å². The molecule has 1 aliphatic rings. The van der Waals surface area contributed by atoms with Crippen LogP contribution in [0.3, 0.4) is 0 Å². The topological polar surface area (TPSA) is 66.8 Å². The van der Waals surface area contributed by atoms with Crippen molar-refractivity contribution in [2.45, 2.75) is 18.9 Å². The number of likely N-dealkylation sites (tertiary alicyclic amines) is 1. The number of hydrogen-bond acceptors (Lipinski definition) is 3. The van der Waals surface area contributed by atoms with Gasteiger partial charge in [0.15, 0.2) is 0 Å². The summed E-state index contributed by atoms with van der Waals surface area (Å²) in [6.45, 7) is 0.821. The Bertz CT molecular complexity index is 466. The minimum Gasteiger partial charge on any atom is -0.465 e. The normalized spacial score (nSPS) is 16.2. The molecule has 0 atom stereocenters. The van der Waals surface area contributed by atoms with Crippen molar-refractivity contribution in [2.75, 3.05) is 13.1 Å². The van der Waals surface area contributed by atoms with E-state index in [0.717, 1.165) is 4.47 Å². The van der Waals surface area contributed by atoms with Crippen molar-refractivity contribution in [3.05, 3.63) is 34.3 Å². The van der Waals surface area contributed by atoms with Crippen molar-refractivity contribution in [1.82, 2.24) is 4.90 Å². The summed E-state index contributed by atoms with van der Waals surface area (Å²) in [5, 5.41) is 8.82. The number of rotatable bonds is 2. The van der Waals surface area contributed by atoms with Crippen LogP contribution in [0.25, 0.3) is 0 Å². The molecule has 1 aromatic rings. The Labute approximate surface area is 119 Å². The van der Waals surface area contributed by atoms with Crippen LogP contribution in [0, 0.1) is 0 Å². The summed E-state index contributed by atoms with van der Waals surface area (Å²) in [7, 11) is 0. The zero-order chi connectivity index (χ0) is 13.8. The lowest BCUT2D eigenvalue weighted by Gasteiger charge is -2.29. The minimum absolute atomic E-state index is 0.202. The van der Waals surface area contributed by atoms with Gasteiger partial charge in [-0.3, -0.25) is 0 Å². The maximum absolute atomic E-state index is 11.9. The molecule has 1 saturated heterocycles. The number of piperidine rings is 1. The van der Waals surface area contributed by atoms with Crippen LogP contribution in [-0.4, -0.2) is 41.3 Å². The predicted octanol–water partition coefficient (Wildman–Crippen LogP) is 2.75. The Balaban J connectivity index is 1.87. The zero-order valence-electron chi connectivity index (χ0n) is 10.2. The van der Waals surface area contributed by atoms with Gasteiger partial charge in [0.2, 0.25) is 0 Å². The molecule has 1 N–H and O–H groups in total. The first-order valence-electron chi connectivity index (χ1n) is 6.00. The molecule has 0 unspecified atom stereocenters. The second-order valence-corrected chi connectivity index (χ2v) is 5.30. The van der Waals surface area contributed by atoms with Crippen LogP contribution in [0.1, 0.15) is 23.2 Å². The maximum Gasteiger partial charge on any atom is 0.407 e. The fourth-order valence-corrected chi connectivity index (χ4v) is 2.23. The number of carboxylic acid groups (broad SMARTS) is 1. The molecule has 0 bridgehead atoms. The maximum atomic E-state index is 11.9. The Morgan fingerprint density at radius 2 is 1.79 bits per heavy atom. The van der Waals surface area contributed by atoms with Gasteiger partial charge in [-0.05, 0) is 24.3 Å². The number of nitrogens with zero attached hydrogens (tertiary/aromatic N) is 1. The van der Waals surface area contributed by atoms with Gasteiger partial charge in [-0.15, -0.1) is 0 Å². The molecule has 0 aliphatic carbocycles. The third kappa shape index (κ3) is 3.70. The number of carbonyl (C=O) groups is 2. The molecule has 0 radical (unpaired) electrons. The first kappa shape index (κ1) is 13.9. The van der Waals surface area contributed by atoms with Crippen molar-refractivity contribution in [1.29, 1.82) is 0 Å². The molecule has 0 aromatic heterocycles. The number of ether oxygens (including phenoxy) is 1. The van der Waals surface area contributed by atoms with E-state index in [4.69, 9.17) is 9.84 Å². The lowest BCUT2D eigenvalue weighted by Crippen LogP contribution is -2.40. The molecule has 1 heterocycles. The average Bonchev–Trinajstić information content (AvgIpc) is 2.40. The van der Waals surface area contributed by atoms with E-state index in [1.165, 1.54) is 4.90 Å². The first-order chi connectivity index (χ1) is 9.06. The highest BCUT2D eigenvalue weighted by molar-refractivity contribution is 9.10. The number of carbonyl (C=O) groups excluding carboxylic acids is 1. The third-order valence-corrected chi connectivity index (χ3v) is 3.59. The van der Waals surface area contributed by atoms with Gasteiger partial charge in [-0.25, -0.2) is 9.59 Å². The van der Waals surface area contributed by atoms with Crippen molar-refractivity contribution in [3.63, 3.8) is 0 Å². The van der Waals surface area contributed by atoms with Crippen LogP contribution in [0.4, 0.5) is 4.79 Å². The van der Waals surface area contributed by atoms with Crippen LogP contribution in [0.2, 0.25) is 0 Å². The molecular formula is C13H14BrNO4. The third-order valence-electron chi connectivity index (χ3n) is 3.07. The number of amides is 1. The van der Waals surface area contributed by atoms with E-state index >= 15 is 0 Å². The summed E-state index contributed by atoms with van der Waals surface area (Å²) in [5.74, 6) is -0.360. The molecule has 102 valence electrons. The minimum atomic E-state index is -0.919. The van der Waals surface area contributed by atoms with E-state index in [0.29, 0.717) is 31.5 Å². The van der Waals surface area contributed by atoms with Gasteiger partial charge in [-0.2, -0.15) is 0 Å². The van der Waals surface area contributed by atoms with Gasteiger partial charge >= 0.3 is 12.1 Å². The van der Waals surface area contributed by atoms with Gasteiger partial charge in [0.05, 0.1) is 5.56 Å². The van der Waals surface area contributed by atoms with E-state index in [2.05, 4.69) is 15.9 Å². The predicted molar refractivity (Wildman–Crippen MR) is 72.2 cm³/mol. The van der Waals surface area contributed by atoms with Crippen molar-refractivity contribution >= 4 is 28.0 Å². The molecule has 2 rings (SSSR count). The van der Waals surface area contributed by atoms with Gasteiger partial charge in [0.25, 0.3) is 0 Å². The molecule has 19 heavy (non-hydrogen) atoms.